The van der Waals surface area contributed by atoms with E-state index in [1.807, 2.05) is 11.3 Å². The molecule has 1 aliphatic heterocycles. The maximum Gasteiger partial charge on any atom is 0.222 e. The van der Waals surface area contributed by atoms with E-state index in [2.05, 4.69) is 43.3 Å². The Labute approximate surface area is 152 Å². The molecule has 0 bridgehead atoms. The molecule has 0 aromatic carbocycles. The van der Waals surface area contributed by atoms with E-state index in [1.54, 1.807) is 0 Å². The van der Waals surface area contributed by atoms with Gasteiger partial charge in [-0.05, 0) is 30.7 Å². The normalized spacial score (nSPS) is 24.8. The molecule has 3 N–H and O–H groups in total. The third-order valence-corrected chi connectivity index (χ3v) is 6.01. The lowest BCUT2D eigenvalue weighted by Gasteiger charge is -2.31. The molecule has 2 fully saturated rings. The van der Waals surface area contributed by atoms with Crippen LogP contribution in [0.25, 0.3) is 0 Å². The standard InChI is InChI=1S/C18H25N5OS/c19-18-20-16(13-9-14(24)10-13)11-17(21-18)23-5-2-4-22(6-7-23)12-15-3-1-8-25-15/h1,3,8,11,13-14,24H,2,4-7,9-10,12H2,(H2,19,20,21). The number of aliphatic hydroxyl groups excluding tert-OH is 1. The summed E-state index contributed by atoms with van der Waals surface area (Å²) in [6.07, 6.45) is 2.50. The van der Waals surface area contributed by atoms with Gasteiger partial charge in [-0.25, -0.2) is 4.98 Å². The van der Waals surface area contributed by atoms with Gasteiger partial charge in [0.1, 0.15) is 5.82 Å². The first kappa shape index (κ1) is 16.8. The van der Waals surface area contributed by atoms with Crippen LogP contribution in [0.4, 0.5) is 11.8 Å². The molecule has 4 rings (SSSR count). The monoisotopic (exact) mass is 359 g/mol. The highest BCUT2D eigenvalue weighted by Crippen LogP contribution is 2.37. The molecule has 0 atom stereocenters. The maximum atomic E-state index is 9.55. The lowest BCUT2D eigenvalue weighted by atomic mass is 9.80. The summed E-state index contributed by atoms with van der Waals surface area (Å²) in [4.78, 5) is 15.1. The lowest BCUT2D eigenvalue weighted by Crippen LogP contribution is -2.32. The highest BCUT2D eigenvalue weighted by atomic mass is 32.1. The number of anilines is 2. The summed E-state index contributed by atoms with van der Waals surface area (Å²) in [5.41, 5.74) is 6.93. The van der Waals surface area contributed by atoms with Crippen molar-refractivity contribution in [2.24, 2.45) is 0 Å². The molecule has 1 aliphatic carbocycles. The number of hydrogen-bond donors (Lipinski definition) is 2. The summed E-state index contributed by atoms with van der Waals surface area (Å²) in [5.74, 6) is 1.59. The van der Waals surface area contributed by atoms with Crippen molar-refractivity contribution in [2.75, 3.05) is 36.8 Å². The van der Waals surface area contributed by atoms with Crippen molar-refractivity contribution >= 4 is 23.1 Å². The smallest absolute Gasteiger partial charge is 0.222 e. The van der Waals surface area contributed by atoms with Crippen molar-refractivity contribution in [3.05, 3.63) is 34.2 Å². The van der Waals surface area contributed by atoms with E-state index >= 15 is 0 Å². The van der Waals surface area contributed by atoms with Gasteiger partial charge in [-0.15, -0.1) is 11.3 Å². The van der Waals surface area contributed by atoms with Crippen LogP contribution in [0, 0.1) is 0 Å². The minimum Gasteiger partial charge on any atom is -0.393 e. The molecule has 0 spiro atoms. The fraction of sp³-hybridized carbons (Fsp3) is 0.556. The number of aliphatic hydroxyl groups is 1. The number of nitrogens with zero attached hydrogens (tertiary/aromatic N) is 4. The molecule has 1 saturated heterocycles. The Morgan fingerprint density at radius 1 is 1.20 bits per heavy atom. The second kappa shape index (κ2) is 7.27. The Hall–Kier alpha value is -1.70. The van der Waals surface area contributed by atoms with Gasteiger partial charge in [0.2, 0.25) is 5.95 Å². The van der Waals surface area contributed by atoms with E-state index < -0.39 is 0 Å². The summed E-state index contributed by atoms with van der Waals surface area (Å²) in [6, 6.07) is 6.40. The molecule has 2 aliphatic rings. The van der Waals surface area contributed by atoms with Crippen molar-refractivity contribution < 1.29 is 5.11 Å². The first-order valence-corrected chi connectivity index (χ1v) is 9.87. The van der Waals surface area contributed by atoms with Crippen molar-refractivity contribution in [3.63, 3.8) is 0 Å². The largest absolute Gasteiger partial charge is 0.393 e. The van der Waals surface area contributed by atoms with Gasteiger partial charge in [0.05, 0.1) is 11.8 Å². The van der Waals surface area contributed by atoms with Crippen LogP contribution in [0.2, 0.25) is 0 Å². The van der Waals surface area contributed by atoms with Gasteiger partial charge in [-0.2, -0.15) is 4.98 Å². The van der Waals surface area contributed by atoms with Gasteiger partial charge < -0.3 is 15.7 Å². The molecule has 7 heteroatoms. The van der Waals surface area contributed by atoms with Crippen LogP contribution >= 0.6 is 11.3 Å². The summed E-state index contributed by atoms with van der Waals surface area (Å²) in [7, 11) is 0. The van der Waals surface area contributed by atoms with Gasteiger partial charge in [0, 0.05) is 49.6 Å². The predicted octanol–water partition coefficient (Wildman–Crippen LogP) is 2.07. The Morgan fingerprint density at radius 2 is 2.08 bits per heavy atom. The number of rotatable bonds is 4. The summed E-state index contributed by atoms with van der Waals surface area (Å²) < 4.78 is 0. The molecule has 0 amide bonds. The van der Waals surface area contributed by atoms with Crippen LogP contribution in [0.15, 0.2) is 23.6 Å². The third-order valence-electron chi connectivity index (χ3n) is 5.15. The van der Waals surface area contributed by atoms with E-state index in [1.165, 1.54) is 4.88 Å². The SMILES string of the molecule is Nc1nc(C2CC(O)C2)cc(N2CCCN(Cc3cccs3)CC2)n1. The number of nitrogen functional groups attached to an aromatic ring is 1. The topological polar surface area (TPSA) is 78.5 Å². The van der Waals surface area contributed by atoms with Crippen LogP contribution in [0.1, 0.15) is 35.8 Å². The van der Waals surface area contributed by atoms with Gasteiger partial charge in [-0.1, -0.05) is 6.07 Å². The molecule has 0 radical (unpaired) electrons. The molecular weight excluding hydrogens is 334 g/mol. The highest BCUT2D eigenvalue weighted by Gasteiger charge is 2.30. The second-order valence-corrected chi connectivity index (χ2v) is 8.06. The summed E-state index contributed by atoms with van der Waals surface area (Å²) >= 11 is 1.82. The quantitative estimate of drug-likeness (QED) is 0.870. The summed E-state index contributed by atoms with van der Waals surface area (Å²) in [6.45, 7) is 5.11. The fourth-order valence-electron chi connectivity index (χ4n) is 3.65. The Bertz CT molecular complexity index is 701. The van der Waals surface area contributed by atoms with E-state index in [0.717, 1.165) is 63.5 Å². The first-order chi connectivity index (χ1) is 12.2. The third kappa shape index (κ3) is 3.94. The molecular formula is C18H25N5OS. The minimum atomic E-state index is -0.186. The molecule has 134 valence electrons. The van der Waals surface area contributed by atoms with Crippen LogP contribution in [0.3, 0.4) is 0 Å². The Balaban J connectivity index is 1.43. The van der Waals surface area contributed by atoms with Crippen molar-refractivity contribution in [1.82, 2.24) is 14.9 Å². The zero-order valence-corrected chi connectivity index (χ0v) is 15.2. The molecule has 1 saturated carbocycles. The molecule has 6 nitrogen and oxygen atoms in total. The molecule has 2 aromatic heterocycles. The average Bonchev–Trinajstić information content (AvgIpc) is 2.95. The van der Waals surface area contributed by atoms with Gasteiger partial charge in [0.15, 0.2) is 0 Å². The summed E-state index contributed by atoms with van der Waals surface area (Å²) in [5, 5.41) is 11.7. The zero-order valence-electron chi connectivity index (χ0n) is 14.3. The number of nitrogens with two attached hydrogens (primary N) is 1. The van der Waals surface area contributed by atoms with Crippen LogP contribution in [-0.4, -0.2) is 52.3 Å². The molecule has 25 heavy (non-hydrogen) atoms. The lowest BCUT2D eigenvalue weighted by molar-refractivity contribution is 0.0732. The predicted molar refractivity (Wildman–Crippen MR) is 101 cm³/mol. The van der Waals surface area contributed by atoms with Crippen LogP contribution in [0.5, 0.6) is 0 Å². The van der Waals surface area contributed by atoms with Gasteiger partial charge in [0.25, 0.3) is 0 Å². The Kier molecular flexibility index (Phi) is 4.87. The van der Waals surface area contributed by atoms with E-state index in [0.29, 0.717) is 11.9 Å². The number of thiophene rings is 1. The van der Waals surface area contributed by atoms with Gasteiger partial charge >= 0.3 is 0 Å². The Morgan fingerprint density at radius 3 is 2.84 bits per heavy atom. The van der Waals surface area contributed by atoms with Crippen molar-refractivity contribution in [1.29, 1.82) is 0 Å². The maximum absolute atomic E-state index is 9.55. The molecule has 3 heterocycles. The van der Waals surface area contributed by atoms with Crippen LogP contribution < -0.4 is 10.6 Å². The van der Waals surface area contributed by atoms with Crippen molar-refractivity contribution in [2.45, 2.75) is 37.8 Å². The van der Waals surface area contributed by atoms with E-state index in [4.69, 9.17) is 5.73 Å². The first-order valence-electron chi connectivity index (χ1n) is 8.99. The zero-order chi connectivity index (χ0) is 17.2. The highest BCUT2D eigenvalue weighted by molar-refractivity contribution is 7.09. The number of hydrogen-bond acceptors (Lipinski definition) is 7. The van der Waals surface area contributed by atoms with Crippen LogP contribution in [-0.2, 0) is 6.54 Å². The number of aromatic nitrogens is 2. The van der Waals surface area contributed by atoms with E-state index in [-0.39, 0.29) is 6.10 Å². The second-order valence-electron chi connectivity index (χ2n) is 7.03. The van der Waals surface area contributed by atoms with E-state index in [9.17, 15) is 5.11 Å². The molecule has 2 aromatic rings. The minimum absolute atomic E-state index is 0.186. The fourth-order valence-corrected chi connectivity index (χ4v) is 4.40. The van der Waals surface area contributed by atoms with Gasteiger partial charge in [-0.3, -0.25) is 4.90 Å². The average molecular weight is 359 g/mol. The van der Waals surface area contributed by atoms with Crippen molar-refractivity contribution in [3.8, 4) is 0 Å². The molecule has 0 unspecified atom stereocenters.